The van der Waals surface area contributed by atoms with Gasteiger partial charge in [0.1, 0.15) is 16.5 Å². The van der Waals surface area contributed by atoms with E-state index in [1.807, 2.05) is 0 Å². The highest BCUT2D eigenvalue weighted by atomic mass is 32.2. The number of nitrogen functional groups attached to an aromatic ring is 1. The van der Waals surface area contributed by atoms with Crippen molar-refractivity contribution in [2.45, 2.75) is 11.4 Å². The minimum atomic E-state index is -3.61. The maximum atomic E-state index is 12.3. The van der Waals surface area contributed by atoms with Crippen LogP contribution in [0.1, 0.15) is 5.56 Å². The SMILES string of the molecule is CN(Cc1ccc(O)cc1)S(=O)(=O)c1ccc(N)nc1. The molecule has 20 heavy (non-hydrogen) atoms. The Bertz CT molecular complexity index is 682. The Kier molecular flexibility index (Phi) is 3.91. The highest BCUT2D eigenvalue weighted by molar-refractivity contribution is 7.89. The number of pyridine rings is 1. The summed E-state index contributed by atoms with van der Waals surface area (Å²) in [6.45, 7) is 0.201. The van der Waals surface area contributed by atoms with Crippen LogP contribution in [0.25, 0.3) is 0 Å². The van der Waals surface area contributed by atoms with Crippen molar-refractivity contribution in [1.29, 1.82) is 0 Å². The number of aromatic nitrogens is 1. The fourth-order valence-corrected chi connectivity index (χ4v) is 2.77. The van der Waals surface area contributed by atoms with Crippen LogP contribution in [0.15, 0.2) is 47.5 Å². The van der Waals surface area contributed by atoms with E-state index in [0.717, 1.165) is 5.56 Å². The van der Waals surface area contributed by atoms with E-state index < -0.39 is 10.0 Å². The third kappa shape index (κ3) is 3.06. The van der Waals surface area contributed by atoms with Crippen molar-refractivity contribution < 1.29 is 13.5 Å². The molecule has 3 N–H and O–H groups in total. The molecule has 0 unspecified atom stereocenters. The van der Waals surface area contributed by atoms with Crippen LogP contribution in [-0.4, -0.2) is 29.9 Å². The number of sulfonamides is 1. The Morgan fingerprint density at radius 2 is 1.85 bits per heavy atom. The molecule has 0 fully saturated rings. The summed E-state index contributed by atoms with van der Waals surface area (Å²) >= 11 is 0. The van der Waals surface area contributed by atoms with E-state index in [9.17, 15) is 13.5 Å². The molecule has 0 saturated heterocycles. The monoisotopic (exact) mass is 293 g/mol. The van der Waals surface area contributed by atoms with Gasteiger partial charge in [-0.25, -0.2) is 13.4 Å². The Balaban J connectivity index is 2.21. The molecule has 0 aliphatic rings. The van der Waals surface area contributed by atoms with Gasteiger partial charge in [-0.2, -0.15) is 4.31 Å². The predicted octanol–water partition coefficient (Wildman–Crippen LogP) is 1.19. The van der Waals surface area contributed by atoms with E-state index in [1.165, 1.54) is 41.8 Å². The summed E-state index contributed by atoms with van der Waals surface area (Å²) in [7, 11) is -2.13. The van der Waals surface area contributed by atoms with Crippen molar-refractivity contribution >= 4 is 15.8 Å². The number of hydrogen-bond acceptors (Lipinski definition) is 5. The topological polar surface area (TPSA) is 96.5 Å². The van der Waals surface area contributed by atoms with Crippen LogP contribution < -0.4 is 5.73 Å². The molecule has 0 saturated carbocycles. The largest absolute Gasteiger partial charge is 0.508 e. The first kappa shape index (κ1) is 14.3. The lowest BCUT2D eigenvalue weighted by Gasteiger charge is -2.17. The summed E-state index contributed by atoms with van der Waals surface area (Å²) in [6, 6.07) is 9.23. The zero-order valence-corrected chi connectivity index (χ0v) is 11.7. The number of hydrogen-bond donors (Lipinski definition) is 2. The number of aromatic hydroxyl groups is 1. The fraction of sp³-hybridized carbons (Fsp3) is 0.154. The zero-order chi connectivity index (χ0) is 14.8. The Hall–Kier alpha value is -2.12. The number of benzene rings is 1. The van der Waals surface area contributed by atoms with Gasteiger partial charge in [0.25, 0.3) is 0 Å². The number of phenolic OH excluding ortho intramolecular Hbond substituents is 1. The number of phenols is 1. The van der Waals surface area contributed by atoms with Gasteiger partial charge in [0.15, 0.2) is 0 Å². The van der Waals surface area contributed by atoms with Crippen LogP contribution in [0.5, 0.6) is 5.75 Å². The van der Waals surface area contributed by atoms with Gasteiger partial charge in [0.2, 0.25) is 10.0 Å². The van der Waals surface area contributed by atoms with Gasteiger partial charge in [0, 0.05) is 19.8 Å². The summed E-state index contributed by atoms with van der Waals surface area (Å²) in [6.07, 6.45) is 1.23. The first-order valence-electron chi connectivity index (χ1n) is 5.85. The van der Waals surface area contributed by atoms with E-state index in [4.69, 9.17) is 5.73 Å². The third-order valence-corrected chi connectivity index (χ3v) is 4.60. The van der Waals surface area contributed by atoms with Gasteiger partial charge in [-0.15, -0.1) is 0 Å². The van der Waals surface area contributed by atoms with Gasteiger partial charge in [-0.3, -0.25) is 0 Å². The van der Waals surface area contributed by atoms with Crippen molar-refractivity contribution in [1.82, 2.24) is 9.29 Å². The summed E-state index contributed by atoms with van der Waals surface area (Å²) in [5.74, 6) is 0.409. The molecule has 2 aromatic rings. The van der Waals surface area contributed by atoms with Crippen LogP contribution >= 0.6 is 0 Å². The summed E-state index contributed by atoms with van der Waals surface area (Å²) in [5, 5.41) is 9.20. The van der Waals surface area contributed by atoms with Crippen molar-refractivity contribution in [3.8, 4) is 5.75 Å². The van der Waals surface area contributed by atoms with Gasteiger partial charge >= 0.3 is 0 Å². The summed E-state index contributed by atoms with van der Waals surface area (Å²) < 4.78 is 25.8. The lowest BCUT2D eigenvalue weighted by Crippen LogP contribution is -2.26. The quantitative estimate of drug-likeness (QED) is 0.882. The maximum absolute atomic E-state index is 12.3. The number of nitrogens with two attached hydrogens (primary N) is 1. The van der Waals surface area contributed by atoms with Crippen molar-refractivity contribution in [3.63, 3.8) is 0 Å². The molecule has 0 amide bonds. The van der Waals surface area contributed by atoms with Gasteiger partial charge in [0.05, 0.1) is 0 Å². The van der Waals surface area contributed by atoms with Gasteiger partial charge < -0.3 is 10.8 Å². The average Bonchev–Trinajstić information content (AvgIpc) is 2.42. The van der Waals surface area contributed by atoms with E-state index in [0.29, 0.717) is 0 Å². The molecule has 0 radical (unpaired) electrons. The lowest BCUT2D eigenvalue weighted by molar-refractivity contribution is 0.463. The number of anilines is 1. The molecule has 6 nitrogen and oxygen atoms in total. The smallest absolute Gasteiger partial charge is 0.244 e. The number of nitrogens with zero attached hydrogens (tertiary/aromatic N) is 2. The molecule has 0 bridgehead atoms. The predicted molar refractivity (Wildman–Crippen MR) is 75.4 cm³/mol. The molecule has 7 heteroatoms. The Morgan fingerprint density at radius 1 is 1.20 bits per heavy atom. The van der Waals surface area contributed by atoms with Gasteiger partial charge in [-0.1, -0.05) is 12.1 Å². The molecule has 1 aromatic carbocycles. The first-order valence-corrected chi connectivity index (χ1v) is 7.29. The first-order chi connectivity index (χ1) is 9.39. The molecule has 0 atom stereocenters. The molecule has 106 valence electrons. The Morgan fingerprint density at radius 3 is 2.40 bits per heavy atom. The van der Waals surface area contributed by atoms with E-state index in [-0.39, 0.29) is 23.0 Å². The van der Waals surface area contributed by atoms with Crippen molar-refractivity contribution in [3.05, 3.63) is 48.2 Å². The van der Waals surface area contributed by atoms with Crippen molar-refractivity contribution in [2.75, 3.05) is 12.8 Å². The van der Waals surface area contributed by atoms with Crippen LogP contribution in [0, 0.1) is 0 Å². The van der Waals surface area contributed by atoms with Crippen LogP contribution in [0.2, 0.25) is 0 Å². The molecule has 1 heterocycles. The maximum Gasteiger partial charge on any atom is 0.244 e. The summed E-state index contributed by atoms with van der Waals surface area (Å²) in [4.78, 5) is 3.88. The van der Waals surface area contributed by atoms with Crippen LogP contribution in [0.4, 0.5) is 5.82 Å². The van der Waals surface area contributed by atoms with E-state index in [1.54, 1.807) is 12.1 Å². The molecular weight excluding hydrogens is 278 g/mol. The second-order valence-electron chi connectivity index (χ2n) is 4.35. The van der Waals surface area contributed by atoms with Crippen molar-refractivity contribution in [2.24, 2.45) is 0 Å². The minimum Gasteiger partial charge on any atom is -0.508 e. The minimum absolute atomic E-state index is 0.0907. The summed E-state index contributed by atoms with van der Waals surface area (Å²) in [5.41, 5.74) is 6.22. The molecule has 0 aliphatic carbocycles. The molecular formula is C13H15N3O3S. The van der Waals surface area contributed by atoms with Gasteiger partial charge in [-0.05, 0) is 29.8 Å². The average molecular weight is 293 g/mol. The standard InChI is InChI=1S/C13H15N3O3S/c1-16(9-10-2-4-11(17)5-3-10)20(18,19)12-6-7-13(14)15-8-12/h2-8,17H,9H2,1H3,(H2,14,15). The molecule has 0 spiro atoms. The van der Waals surface area contributed by atoms with E-state index >= 15 is 0 Å². The highest BCUT2D eigenvalue weighted by Crippen LogP contribution is 2.17. The normalized spacial score (nSPS) is 11.7. The molecule has 0 aliphatic heterocycles. The van der Waals surface area contributed by atoms with E-state index in [2.05, 4.69) is 4.98 Å². The van der Waals surface area contributed by atoms with Crippen LogP contribution in [0.3, 0.4) is 0 Å². The Labute approximate surface area is 117 Å². The zero-order valence-electron chi connectivity index (χ0n) is 10.9. The second kappa shape index (κ2) is 5.48. The third-order valence-electron chi connectivity index (χ3n) is 2.81. The molecule has 1 aromatic heterocycles. The van der Waals surface area contributed by atoms with Crippen LogP contribution in [-0.2, 0) is 16.6 Å². The fourth-order valence-electron chi connectivity index (χ4n) is 1.67. The highest BCUT2D eigenvalue weighted by Gasteiger charge is 2.21. The molecule has 2 rings (SSSR count). The number of rotatable bonds is 4. The second-order valence-corrected chi connectivity index (χ2v) is 6.39. The lowest BCUT2D eigenvalue weighted by atomic mass is 10.2.